The van der Waals surface area contributed by atoms with Crippen molar-refractivity contribution in [3.8, 4) is 78.4 Å². The molecule has 0 aliphatic heterocycles. The van der Waals surface area contributed by atoms with Crippen LogP contribution in [0.5, 0.6) is 0 Å². The van der Waals surface area contributed by atoms with Crippen LogP contribution in [0.4, 0.5) is 0 Å². The van der Waals surface area contributed by atoms with E-state index in [-0.39, 0.29) is 0 Å². The van der Waals surface area contributed by atoms with Crippen molar-refractivity contribution in [1.82, 2.24) is 14.1 Å². The Kier molecular flexibility index (Phi) is 9.50. The van der Waals surface area contributed by atoms with Crippen molar-refractivity contribution in [1.29, 1.82) is 0 Å². The number of aromatic nitrogens is 3. The SMILES string of the molecule is c1ccc(-c2cc(-c3ccccc3)cc(-n3c4ccccc4c4ccc(-c5ccc6c7ccccc7n(-c7ccc(-c8cc(-c9ccccc9)cc(-c9ccccc9)n8)cc7)c6c5)cc43)c2)cc1. The van der Waals surface area contributed by atoms with Crippen molar-refractivity contribution in [3.05, 3.63) is 261 Å². The Morgan fingerprint density at radius 1 is 0.206 bits per heavy atom. The fraction of sp³-hybridized carbons (Fsp3) is 0. The molecule has 13 aromatic rings. The zero-order valence-electron chi connectivity index (χ0n) is 37.2. The number of fused-ring (bicyclic) bond motifs is 6. The van der Waals surface area contributed by atoms with Gasteiger partial charge in [0, 0.05) is 44.0 Å². The van der Waals surface area contributed by atoms with Gasteiger partial charge in [-0.05, 0) is 111 Å². The first kappa shape index (κ1) is 39.3. The Morgan fingerprint density at radius 3 is 1.03 bits per heavy atom. The molecule has 0 aliphatic carbocycles. The Morgan fingerprint density at radius 2 is 0.559 bits per heavy atom. The van der Waals surface area contributed by atoms with E-state index in [1.165, 1.54) is 65.9 Å². The van der Waals surface area contributed by atoms with Crippen molar-refractivity contribution in [2.24, 2.45) is 0 Å². The Hall–Kier alpha value is -9.05. The van der Waals surface area contributed by atoms with Crippen molar-refractivity contribution >= 4 is 43.6 Å². The summed E-state index contributed by atoms with van der Waals surface area (Å²) in [6.07, 6.45) is 0. The van der Waals surface area contributed by atoms with Gasteiger partial charge in [-0.3, -0.25) is 0 Å². The van der Waals surface area contributed by atoms with Crippen LogP contribution >= 0.6 is 0 Å². The van der Waals surface area contributed by atoms with E-state index >= 15 is 0 Å². The maximum atomic E-state index is 5.23. The van der Waals surface area contributed by atoms with Crippen molar-refractivity contribution in [2.75, 3.05) is 0 Å². The molecule has 0 aliphatic rings. The van der Waals surface area contributed by atoms with E-state index in [2.05, 4.69) is 270 Å². The van der Waals surface area contributed by atoms with Gasteiger partial charge >= 0.3 is 0 Å². The fourth-order valence-electron chi connectivity index (χ4n) is 10.2. The average Bonchev–Trinajstić information content (AvgIpc) is 3.94. The van der Waals surface area contributed by atoms with Crippen molar-refractivity contribution in [2.45, 2.75) is 0 Å². The van der Waals surface area contributed by atoms with Crippen LogP contribution in [0.25, 0.3) is 122 Å². The molecular weight excluding hydrogens is 823 g/mol. The molecule has 0 spiro atoms. The van der Waals surface area contributed by atoms with Crippen LogP contribution < -0.4 is 0 Å². The summed E-state index contributed by atoms with van der Waals surface area (Å²) < 4.78 is 4.87. The van der Waals surface area contributed by atoms with Gasteiger partial charge in [-0.15, -0.1) is 0 Å². The Balaban J connectivity index is 0.947. The summed E-state index contributed by atoms with van der Waals surface area (Å²) >= 11 is 0. The number of hydrogen-bond acceptors (Lipinski definition) is 1. The van der Waals surface area contributed by atoms with Crippen LogP contribution in [0.3, 0.4) is 0 Å². The lowest BCUT2D eigenvalue weighted by atomic mass is 9.98. The largest absolute Gasteiger partial charge is 0.309 e. The van der Waals surface area contributed by atoms with Crippen molar-refractivity contribution in [3.63, 3.8) is 0 Å². The summed E-state index contributed by atoms with van der Waals surface area (Å²) in [4.78, 5) is 5.23. The first-order valence-electron chi connectivity index (χ1n) is 23.3. The van der Waals surface area contributed by atoms with E-state index in [9.17, 15) is 0 Å². The van der Waals surface area contributed by atoms with Gasteiger partial charge in [0.25, 0.3) is 0 Å². The molecule has 3 aromatic heterocycles. The van der Waals surface area contributed by atoms with E-state index in [1.807, 2.05) is 0 Å². The van der Waals surface area contributed by atoms with E-state index in [0.717, 1.165) is 56.1 Å². The molecule has 3 heterocycles. The first-order valence-corrected chi connectivity index (χ1v) is 23.3. The molecule has 13 rings (SSSR count). The summed E-state index contributed by atoms with van der Waals surface area (Å²) in [7, 11) is 0. The number of hydrogen-bond donors (Lipinski definition) is 0. The Labute approximate surface area is 395 Å². The maximum absolute atomic E-state index is 5.23. The lowest BCUT2D eigenvalue weighted by molar-refractivity contribution is 1.18. The van der Waals surface area contributed by atoms with E-state index < -0.39 is 0 Å². The van der Waals surface area contributed by atoms with Gasteiger partial charge in [-0.1, -0.05) is 194 Å². The third-order valence-corrected chi connectivity index (χ3v) is 13.5. The van der Waals surface area contributed by atoms with Gasteiger partial charge in [-0.25, -0.2) is 4.98 Å². The highest BCUT2D eigenvalue weighted by atomic mass is 15.0. The molecule has 3 heteroatoms. The zero-order valence-corrected chi connectivity index (χ0v) is 37.2. The lowest BCUT2D eigenvalue weighted by Crippen LogP contribution is -1.96. The number of pyridine rings is 1. The standard InChI is InChI=1S/C65H43N3/c1-5-17-44(18-6-1)51-37-52(45-19-7-2-8-20-45)39-55(38-51)68-63-28-16-14-26-57(63)59-36-32-50(43-65(59)68)49-31-35-58-56-25-13-15-27-62(56)67(64(58)42-49)54-33-29-48(30-34-54)61-41-53(46-21-9-3-10-22-46)40-60(66-61)47-23-11-4-12-24-47/h1-43H. The van der Waals surface area contributed by atoms with Gasteiger partial charge < -0.3 is 9.13 Å². The highest BCUT2D eigenvalue weighted by Crippen LogP contribution is 2.40. The van der Waals surface area contributed by atoms with Crippen molar-refractivity contribution < 1.29 is 0 Å². The minimum absolute atomic E-state index is 0.942. The number of rotatable bonds is 8. The van der Waals surface area contributed by atoms with Crippen LogP contribution in [0.1, 0.15) is 0 Å². The number of benzene rings is 10. The molecule has 0 bridgehead atoms. The minimum Gasteiger partial charge on any atom is -0.309 e. The molecule has 3 nitrogen and oxygen atoms in total. The van der Waals surface area contributed by atoms with E-state index in [4.69, 9.17) is 4.98 Å². The summed E-state index contributed by atoms with van der Waals surface area (Å²) in [5.41, 5.74) is 20.4. The van der Waals surface area contributed by atoms with E-state index in [0.29, 0.717) is 0 Å². The molecule has 0 amide bonds. The second kappa shape index (κ2) is 16.4. The van der Waals surface area contributed by atoms with Crippen LogP contribution in [-0.2, 0) is 0 Å². The smallest absolute Gasteiger partial charge is 0.0715 e. The first-order chi connectivity index (χ1) is 33.7. The summed E-state index contributed by atoms with van der Waals surface area (Å²) in [6.45, 7) is 0. The van der Waals surface area contributed by atoms with Crippen LogP contribution in [0, 0.1) is 0 Å². The maximum Gasteiger partial charge on any atom is 0.0715 e. The third-order valence-electron chi connectivity index (χ3n) is 13.5. The highest BCUT2D eigenvalue weighted by molar-refractivity contribution is 6.12. The fourth-order valence-corrected chi connectivity index (χ4v) is 10.2. The predicted octanol–water partition coefficient (Wildman–Crippen LogP) is 17.3. The highest BCUT2D eigenvalue weighted by Gasteiger charge is 2.18. The minimum atomic E-state index is 0.942. The normalized spacial score (nSPS) is 11.5. The molecule has 0 fully saturated rings. The monoisotopic (exact) mass is 865 g/mol. The average molecular weight is 866 g/mol. The predicted molar refractivity (Wildman–Crippen MR) is 286 cm³/mol. The third kappa shape index (κ3) is 6.88. The number of nitrogens with zero attached hydrogens (tertiary/aromatic N) is 3. The van der Waals surface area contributed by atoms with Gasteiger partial charge in [0.1, 0.15) is 0 Å². The van der Waals surface area contributed by atoms with Gasteiger partial charge in [-0.2, -0.15) is 0 Å². The quantitative estimate of drug-likeness (QED) is 0.149. The van der Waals surface area contributed by atoms with Crippen LogP contribution in [-0.4, -0.2) is 14.1 Å². The van der Waals surface area contributed by atoms with Crippen LogP contribution in [0.15, 0.2) is 261 Å². The van der Waals surface area contributed by atoms with Gasteiger partial charge in [0.05, 0.1) is 33.5 Å². The molecule has 0 atom stereocenters. The second-order valence-electron chi connectivity index (χ2n) is 17.6. The lowest BCUT2D eigenvalue weighted by Gasteiger charge is -2.14. The molecule has 0 radical (unpaired) electrons. The molecule has 0 unspecified atom stereocenters. The summed E-state index contributed by atoms with van der Waals surface area (Å²) in [5.74, 6) is 0. The van der Waals surface area contributed by atoms with Gasteiger partial charge in [0.15, 0.2) is 0 Å². The topological polar surface area (TPSA) is 22.8 Å². The molecule has 318 valence electrons. The molecule has 0 N–H and O–H groups in total. The molecule has 0 saturated carbocycles. The summed E-state index contributed by atoms with van der Waals surface area (Å²) in [6, 6.07) is 94.3. The van der Waals surface area contributed by atoms with Crippen LogP contribution in [0.2, 0.25) is 0 Å². The summed E-state index contributed by atoms with van der Waals surface area (Å²) in [5, 5.41) is 4.91. The molecule has 0 saturated heterocycles. The number of para-hydroxylation sites is 2. The van der Waals surface area contributed by atoms with E-state index in [1.54, 1.807) is 0 Å². The molecule has 68 heavy (non-hydrogen) atoms. The Bertz CT molecular complexity index is 3860. The molecule has 10 aromatic carbocycles. The van der Waals surface area contributed by atoms with Gasteiger partial charge in [0.2, 0.25) is 0 Å². The zero-order chi connectivity index (χ0) is 45.0. The molecular formula is C65H43N3. The second-order valence-corrected chi connectivity index (χ2v) is 17.6.